The van der Waals surface area contributed by atoms with E-state index in [4.69, 9.17) is 14.6 Å². The number of aliphatic carboxylic acids is 1. The number of carbonyl (C=O) groups is 2. The van der Waals surface area contributed by atoms with Crippen LogP contribution in [0.3, 0.4) is 0 Å². The number of methoxy groups -OCH3 is 2. The first kappa shape index (κ1) is 24.3. The van der Waals surface area contributed by atoms with Crippen LogP contribution < -0.4 is 9.47 Å². The van der Waals surface area contributed by atoms with Gasteiger partial charge in [0.2, 0.25) is 0 Å². The summed E-state index contributed by atoms with van der Waals surface area (Å²) < 4.78 is 10.8. The van der Waals surface area contributed by atoms with Crippen molar-refractivity contribution in [3.63, 3.8) is 0 Å². The van der Waals surface area contributed by atoms with E-state index >= 15 is 0 Å². The molecule has 2 aromatic rings. The average Bonchev–Trinajstić information content (AvgIpc) is 2.75. The van der Waals surface area contributed by atoms with Crippen molar-refractivity contribution >= 4 is 11.9 Å². The second-order valence-electron chi connectivity index (χ2n) is 7.74. The molecule has 2 rings (SSSR count). The van der Waals surface area contributed by atoms with Gasteiger partial charge in [-0.2, -0.15) is 0 Å². The molecule has 0 aliphatic rings. The van der Waals surface area contributed by atoms with Crippen LogP contribution in [0.2, 0.25) is 0 Å². The van der Waals surface area contributed by atoms with E-state index in [1.165, 1.54) is 11.1 Å². The number of hydrogen-bond donors (Lipinski definition) is 1. The zero-order valence-corrected chi connectivity index (χ0v) is 18.9. The minimum absolute atomic E-state index is 0.101. The predicted octanol–water partition coefficient (Wildman–Crippen LogP) is 4.65. The van der Waals surface area contributed by atoms with Gasteiger partial charge in [0.25, 0.3) is 5.91 Å². The fraction of sp³-hybridized carbons (Fsp3) is 0.440. The average molecular weight is 428 g/mol. The van der Waals surface area contributed by atoms with Crippen molar-refractivity contribution in [1.29, 1.82) is 0 Å². The van der Waals surface area contributed by atoms with Gasteiger partial charge in [-0.05, 0) is 57.2 Å². The molecule has 0 fully saturated rings. The second kappa shape index (κ2) is 12.0. The Bertz CT molecular complexity index is 868. The third-order valence-electron chi connectivity index (χ3n) is 5.33. The molecule has 0 saturated heterocycles. The molecule has 0 heterocycles. The first-order chi connectivity index (χ1) is 14.8. The lowest BCUT2D eigenvalue weighted by Gasteiger charge is -2.24. The van der Waals surface area contributed by atoms with Crippen LogP contribution >= 0.6 is 0 Å². The summed E-state index contributed by atoms with van der Waals surface area (Å²) in [5.41, 5.74) is 3.82. The van der Waals surface area contributed by atoms with Gasteiger partial charge in [0.1, 0.15) is 11.5 Å². The molecular formula is C25H33NO5. The highest BCUT2D eigenvalue weighted by molar-refractivity contribution is 5.95. The maximum Gasteiger partial charge on any atom is 0.303 e. The molecule has 168 valence electrons. The van der Waals surface area contributed by atoms with Crippen molar-refractivity contribution in [2.24, 2.45) is 0 Å². The summed E-state index contributed by atoms with van der Waals surface area (Å²) in [4.78, 5) is 25.9. The molecule has 1 N–H and O–H groups in total. The molecule has 0 radical (unpaired) electrons. The molecule has 31 heavy (non-hydrogen) atoms. The third kappa shape index (κ3) is 7.31. The summed E-state index contributed by atoms with van der Waals surface area (Å²) in [6, 6.07) is 11.9. The number of unbranched alkanes of at least 4 members (excludes halogenated alkanes) is 1. The van der Waals surface area contributed by atoms with E-state index < -0.39 is 5.97 Å². The van der Waals surface area contributed by atoms with E-state index in [1.54, 1.807) is 31.3 Å². The number of benzene rings is 2. The van der Waals surface area contributed by atoms with Crippen molar-refractivity contribution < 1.29 is 24.2 Å². The van der Waals surface area contributed by atoms with Crippen LogP contribution in [-0.2, 0) is 11.2 Å². The Morgan fingerprint density at radius 2 is 1.58 bits per heavy atom. The number of amides is 1. The van der Waals surface area contributed by atoms with E-state index in [2.05, 4.69) is 25.1 Å². The number of carbonyl (C=O) groups excluding carboxylic acids is 1. The summed E-state index contributed by atoms with van der Waals surface area (Å²) in [5, 5.41) is 8.89. The third-order valence-corrected chi connectivity index (χ3v) is 5.33. The Hall–Kier alpha value is -3.02. The summed E-state index contributed by atoms with van der Waals surface area (Å²) in [6.45, 7) is 5.06. The largest absolute Gasteiger partial charge is 0.496 e. The van der Waals surface area contributed by atoms with Gasteiger partial charge in [-0.15, -0.1) is 0 Å². The Morgan fingerprint density at radius 1 is 0.935 bits per heavy atom. The van der Waals surface area contributed by atoms with Gasteiger partial charge in [0, 0.05) is 30.6 Å². The van der Waals surface area contributed by atoms with Crippen LogP contribution in [0.5, 0.6) is 11.5 Å². The molecule has 2 aromatic carbocycles. The molecule has 1 amide bonds. The topological polar surface area (TPSA) is 76.1 Å². The van der Waals surface area contributed by atoms with E-state index in [-0.39, 0.29) is 12.3 Å². The zero-order chi connectivity index (χ0) is 22.8. The highest BCUT2D eigenvalue weighted by atomic mass is 16.5. The maximum atomic E-state index is 13.3. The van der Waals surface area contributed by atoms with Crippen molar-refractivity contribution in [3.8, 4) is 11.5 Å². The Balaban J connectivity index is 2.14. The highest BCUT2D eigenvalue weighted by Gasteiger charge is 2.19. The maximum absolute atomic E-state index is 13.3. The van der Waals surface area contributed by atoms with Crippen molar-refractivity contribution in [3.05, 3.63) is 58.7 Å². The fourth-order valence-electron chi connectivity index (χ4n) is 3.63. The Morgan fingerprint density at radius 3 is 2.16 bits per heavy atom. The molecule has 6 nitrogen and oxygen atoms in total. The summed E-state index contributed by atoms with van der Waals surface area (Å²) in [6.07, 6.45) is 2.99. The van der Waals surface area contributed by atoms with Crippen molar-refractivity contribution in [1.82, 2.24) is 4.90 Å². The van der Waals surface area contributed by atoms with E-state index in [0.29, 0.717) is 43.0 Å². The van der Waals surface area contributed by atoms with Gasteiger partial charge in [0.15, 0.2) is 0 Å². The van der Waals surface area contributed by atoms with E-state index in [9.17, 15) is 9.59 Å². The van der Waals surface area contributed by atoms with E-state index in [1.807, 2.05) is 13.0 Å². The summed E-state index contributed by atoms with van der Waals surface area (Å²) in [5.74, 6) is 0.295. The smallest absolute Gasteiger partial charge is 0.303 e. The van der Waals surface area contributed by atoms with Gasteiger partial charge >= 0.3 is 5.97 Å². The van der Waals surface area contributed by atoms with Gasteiger partial charge < -0.3 is 19.5 Å². The van der Waals surface area contributed by atoms with Crippen LogP contribution in [0.4, 0.5) is 0 Å². The number of carboxylic acids is 1. The molecule has 0 atom stereocenters. The first-order valence-corrected chi connectivity index (χ1v) is 10.6. The lowest BCUT2D eigenvalue weighted by molar-refractivity contribution is -0.137. The number of nitrogens with zero attached hydrogens (tertiary/aromatic N) is 1. The van der Waals surface area contributed by atoms with Crippen LogP contribution in [0, 0.1) is 13.8 Å². The molecule has 0 bridgehead atoms. The monoisotopic (exact) mass is 427 g/mol. The minimum Gasteiger partial charge on any atom is -0.496 e. The van der Waals surface area contributed by atoms with Gasteiger partial charge in [0.05, 0.1) is 14.2 Å². The van der Waals surface area contributed by atoms with Gasteiger partial charge in [-0.3, -0.25) is 9.59 Å². The van der Waals surface area contributed by atoms with Crippen LogP contribution in [0.15, 0.2) is 36.4 Å². The molecule has 0 aliphatic carbocycles. The summed E-state index contributed by atoms with van der Waals surface area (Å²) >= 11 is 0. The number of hydrogen-bond acceptors (Lipinski definition) is 4. The quantitative estimate of drug-likeness (QED) is 0.499. The van der Waals surface area contributed by atoms with Crippen LogP contribution in [0.1, 0.15) is 52.7 Å². The number of rotatable bonds is 12. The standard InChI is InChI=1S/C25H33NO5/c1-18-9-7-10-20(15-18)11-8-14-26(13-6-5-12-24(27)28)25(29)21-16-22(30-3)19(2)23(17-21)31-4/h7,9-10,15-17H,5-6,8,11-14H2,1-4H3,(H,27,28). The molecule has 0 saturated carbocycles. The minimum atomic E-state index is -0.815. The lowest BCUT2D eigenvalue weighted by atomic mass is 10.1. The molecule has 6 heteroatoms. The second-order valence-corrected chi connectivity index (χ2v) is 7.74. The number of carboxylic acid groups (broad SMARTS) is 1. The number of ether oxygens (including phenoxy) is 2. The van der Waals surface area contributed by atoms with Crippen molar-refractivity contribution in [2.45, 2.75) is 46.0 Å². The fourth-order valence-corrected chi connectivity index (χ4v) is 3.63. The zero-order valence-electron chi connectivity index (χ0n) is 18.9. The predicted molar refractivity (Wildman–Crippen MR) is 121 cm³/mol. The molecule has 0 unspecified atom stereocenters. The van der Waals surface area contributed by atoms with Gasteiger partial charge in [-0.1, -0.05) is 29.8 Å². The summed E-state index contributed by atoms with van der Waals surface area (Å²) in [7, 11) is 3.14. The van der Waals surface area contributed by atoms with Crippen molar-refractivity contribution in [2.75, 3.05) is 27.3 Å². The Labute approximate surface area is 184 Å². The molecule has 0 aliphatic heterocycles. The lowest BCUT2D eigenvalue weighted by Crippen LogP contribution is -2.33. The molecular weight excluding hydrogens is 394 g/mol. The van der Waals surface area contributed by atoms with E-state index in [0.717, 1.165) is 18.4 Å². The first-order valence-electron chi connectivity index (χ1n) is 10.6. The Kier molecular flexibility index (Phi) is 9.38. The molecule has 0 spiro atoms. The normalized spacial score (nSPS) is 10.6. The van der Waals surface area contributed by atoms with Crippen LogP contribution in [-0.4, -0.2) is 49.2 Å². The number of aryl methyl sites for hydroxylation is 2. The highest BCUT2D eigenvalue weighted by Crippen LogP contribution is 2.30. The van der Waals surface area contributed by atoms with Crippen LogP contribution in [0.25, 0.3) is 0 Å². The van der Waals surface area contributed by atoms with Gasteiger partial charge in [-0.25, -0.2) is 0 Å². The molecule has 0 aromatic heterocycles. The SMILES string of the molecule is COc1cc(C(=O)N(CCCCC(=O)O)CCCc2cccc(C)c2)cc(OC)c1C.